The molecule has 0 bridgehead atoms. The number of rotatable bonds is 14. The van der Waals surface area contributed by atoms with Gasteiger partial charge in [0, 0.05) is 61.5 Å². The lowest BCUT2D eigenvalue weighted by molar-refractivity contribution is -0.289. The van der Waals surface area contributed by atoms with Gasteiger partial charge in [-0.05, 0) is 12.1 Å². The third-order valence-electron chi connectivity index (χ3n) is 7.21. The molecule has 2 heterocycles. The van der Waals surface area contributed by atoms with Gasteiger partial charge in [-0.25, -0.2) is 0 Å². The lowest BCUT2D eigenvalue weighted by Crippen LogP contribution is -2.63. The van der Waals surface area contributed by atoms with Crippen molar-refractivity contribution < 1.29 is 95.2 Å². The first-order chi connectivity index (χ1) is 25.3. The Morgan fingerprint density at radius 3 is 1.04 bits per heavy atom. The average Bonchev–Trinajstić information content (AvgIpc) is 3.03. The van der Waals surface area contributed by atoms with Gasteiger partial charge in [-0.15, -0.1) is 0 Å². The minimum absolute atomic E-state index is 0.0287. The van der Waals surface area contributed by atoms with Crippen molar-refractivity contribution in [1.29, 1.82) is 0 Å². The van der Waals surface area contributed by atoms with Gasteiger partial charge in [0.05, 0.1) is 0 Å². The Labute approximate surface area is 308 Å². The number of hydrogen-bond acceptors (Lipinski definition) is 20. The average molecular weight is 771 g/mol. The van der Waals surface area contributed by atoms with Crippen LogP contribution < -0.4 is 9.47 Å². The van der Waals surface area contributed by atoms with Crippen LogP contribution in [0.5, 0.6) is 11.5 Å². The molecule has 10 atom stereocenters. The van der Waals surface area contributed by atoms with Crippen molar-refractivity contribution in [3.8, 4) is 11.5 Å². The van der Waals surface area contributed by atoms with E-state index in [2.05, 4.69) is 0 Å². The van der Waals surface area contributed by atoms with E-state index in [-0.39, 0.29) is 11.5 Å². The Morgan fingerprint density at radius 1 is 0.444 bits per heavy atom. The summed E-state index contributed by atoms with van der Waals surface area (Å²) in [5.41, 5.74) is 0. The van der Waals surface area contributed by atoms with Crippen molar-refractivity contribution in [3.63, 3.8) is 0 Å². The van der Waals surface area contributed by atoms with Crippen LogP contribution in [-0.4, -0.2) is 122 Å². The summed E-state index contributed by atoms with van der Waals surface area (Å²) < 4.78 is 66.7. The predicted molar refractivity (Wildman–Crippen MR) is 172 cm³/mol. The van der Waals surface area contributed by atoms with Crippen molar-refractivity contribution in [2.75, 3.05) is 13.2 Å². The van der Waals surface area contributed by atoms with Gasteiger partial charge >= 0.3 is 47.8 Å². The Kier molecular flexibility index (Phi) is 15.5. The van der Waals surface area contributed by atoms with E-state index in [1.165, 1.54) is 24.3 Å². The van der Waals surface area contributed by atoms with Crippen LogP contribution >= 0.6 is 0 Å². The van der Waals surface area contributed by atoms with E-state index in [1.54, 1.807) is 0 Å². The molecule has 0 saturated carbocycles. The summed E-state index contributed by atoms with van der Waals surface area (Å²) in [5, 5.41) is 0. The smallest absolute Gasteiger partial charge is 0.303 e. The summed E-state index contributed by atoms with van der Waals surface area (Å²) in [6.45, 7) is 7.67. The number of ether oxygens (including phenoxy) is 12. The molecular formula is C34H42O20. The van der Waals surface area contributed by atoms with Crippen LogP contribution in [0, 0.1) is 0 Å². The third kappa shape index (κ3) is 12.9. The molecule has 0 amide bonds. The number of benzene rings is 1. The van der Waals surface area contributed by atoms with Crippen LogP contribution in [0.25, 0.3) is 0 Å². The Morgan fingerprint density at radius 2 is 0.741 bits per heavy atom. The fraction of sp³-hybridized carbons (Fsp3) is 0.588. The van der Waals surface area contributed by atoms with E-state index in [0.717, 1.165) is 55.4 Å². The second-order valence-corrected chi connectivity index (χ2v) is 11.8. The van der Waals surface area contributed by atoms with E-state index in [0.29, 0.717) is 0 Å². The van der Waals surface area contributed by atoms with Crippen molar-refractivity contribution in [2.24, 2.45) is 0 Å². The number of carbonyl (C=O) groups is 8. The summed E-state index contributed by atoms with van der Waals surface area (Å²) >= 11 is 0. The van der Waals surface area contributed by atoms with Crippen molar-refractivity contribution in [3.05, 3.63) is 24.3 Å². The molecule has 0 unspecified atom stereocenters. The molecule has 54 heavy (non-hydrogen) atoms. The molecule has 0 radical (unpaired) electrons. The Bertz CT molecular complexity index is 1450. The molecule has 3 rings (SSSR count). The number of hydrogen-bond donors (Lipinski definition) is 0. The summed E-state index contributed by atoms with van der Waals surface area (Å²) in [5.74, 6) is -6.51. The Balaban J connectivity index is 2.02. The predicted octanol–water partition coefficient (Wildman–Crippen LogP) is 0.610. The molecule has 0 aliphatic carbocycles. The number of carbonyl (C=O) groups excluding carboxylic acids is 8. The summed E-state index contributed by atoms with van der Waals surface area (Å²) in [7, 11) is 0. The van der Waals surface area contributed by atoms with Gasteiger partial charge < -0.3 is 56.8 Å². The lowest BCUT2D eigenvalue weighted by atomic mass is 9.98. The molecule has 0 N–H and O–H groups in total. The zero-order chi connectivity index (χ0) is 40.3. The first-order valence-corrected chi connectivity index (χ1v) is 16.4. The van der Waals surface area contributed by atoms with Gasteiger partial charge in [0.25, 0.3) is 0 Å². The first-order valence-electron chi connectivity index (χ1n) is 16.4. The van der Waals surface area contributed by atoms with Gasteiger partial charge in [0.1, 0.15) is 36.9 Å². The zero-order valence-electron chi connectivity index (χ0n) is 30.7. The molecule has 1 aromatic carbocycles. The summed E-state index contributed by atoms with van der Waals surface area (Å²) in [4.78, 5) is 96.3. The van der Waals surface area contributed by atoms with Gasteiger partial charge in [-0.1, -0.05) is 6.07 Å². The van der Waals surface area contributed by atoms with E-state index in [1.807, 2.05) is 0 Å². The second-order valence-electron chi connectivity index (χ2n) is 11.8. The molecule has 0 spiro atoms. The zero-order valence-corrected chi connectivity index (χ0v) is 30.7. The summed E-state index contributed by atoms with van der Waals surface area (Å²) in [6, 6.07) is 5.59. The van der Waals surface area contributed by atoms with E-state index in [4.69, 9.17) is 56.8 Å². The maximum atomic E-state index is 12.2. The molecule has 2 aliphatic heterocycles. The van der Waals surface area contributed by atoms with Crippen LogP contribution in [0.4, 0.5) is 0 Å². The first kappa shape index (κ1) is 42.9. The van der Waals surface area contributed by atoms with Crippen LogP contribution in [0.2, 0.25) is 0 Å². The maximum Gasteiger partial charge on any atom is 0.303 e. The van der Waals surface area contributed by atoms with E-state index in [9.17, 15) is 38.4 Å². The van der Waals surface area contributed by atoms with Crippen LogP contribution in [-0.2, 0) is 85.7 Å². The highest BCUT2D eigenvalue weighted by Gasteiger charge is 2.55. The topological polar surface area (TPSA) is 247 Å². The van der Waals surface area contributed by atoms with Crippen molar-refractivity contribution in [2.45, 2.75) is 117 Å². The number of esters is 8. The normalized spacial score (nSPS) is 27.5. The molecule has 2 fully saturated rings. The second kappa shape index (κ2) is 19.5. The van der Waals surface area contributed by atoms with Gasteiger partial charge in [0.2, 0.25) is 24.8 Å². The van der Waals surface area contributed by atoms with Crippen molar-refractivity contribution in [1.82, 2.24) is 0 Å². The van der Waals surface area contributed by atoms with Crippen LogP contribution in [0.1, 0.15) is 55.4 Å². The van der Waals surface area contributed by atoms with Gasteiger partial charge in [-0.2, -0.15) is 0 Å². The quantitative estimate of drug-likeness (QED) is 0.186. The lowest BCUT2D eigenvalue weighted by Gasteiger charge is -2.44. The minimum atomic E-state index is -1.59. The molecule has 2 saturated heterocycles. The van der Waals surface area contributed by atoms with E-state index >= 15 is 0 Å². The maximum absolute atomic E-state index is 12.2. The Hall–Kier alpha value is -5.50. The molecule has 20 nitrogen and oxygen atoms in total. The van der Waals surface area contributed by atoms with E-state index < -0.39 is 122 Å². The standard InChI is InChI=1S/C34H42O20/c1-15(35)43-13-25-27(45-17(3)37)29(47-19(5)39)31(49-21(7)41)33(53-25)51-23-10-9-11-24(12-23)52-34-32(50-22(8)42)30(48-20(6)40)28(46-18(4)38)26(54-34)14-44-16(2)36/h9-12,25-34H,13-14H2,1-8H3/t25-,26-,27-,28-,29+,30+,31-,32-,33+,34+/m1/s1. The van der Waals surface area contributed by atoms with Crippen LogP contribution in [0.3, 0.4) is 0 Å². The largest absolute Gasteiger partial charge is 0.463 e. The fourth-order valence-corrected chi connectivity index (χ4v) is 5.46. The van der Waals surface area contributed by atoms with Crippen molar-refractivity contribution >= 4 is 47.8 Å². The van der Waals surface area contributed by atoms with Gasteiger partial charge in [0.15, 0.2) is 24.4 Å². The van der Waals surface area contributed by atoms with Crippen LogP contribution in [0.15, 0.2) is 24.3 Å². The highest BCUT2D eigenvalue weighted by molar-refractivity contribution is 5.70. The molecule has 0 aromatic heterocycles. The molecule has 2 aliphatic rings. The minimum Gasteiger partial charge on any atom is -0.463 e. The molecule has 1 aromatic rings. The highest BCUT2D eigenvalue weighted by Crippen LogP contribution is 2.34. The molecular weight excluding hydrogens is 728 g/mol. The highest BCUT2D eigenvalue weighted by atomic mass is 16.8. The monoisotopic (exact) mass is 770 g/mol. The SMILES string of the molecule is CC(=O)OC[C@H]1O[C@H](Oc2cccc(O[C@H]3O[C@H](COC(C)=O)[C@@H](OC(C)=O)[C@H](OC(C)=O)[C@H]3OC(C)=O)c2)[C@H](OC(C)=O)[C@@H](OC(C)=O)[C@@H]1OC(C)=O. The van der Waals surface area contributed by atoms with Gasteiger partial charge in [-0.3, -0.25) is 38.4 Å². The third-order valence-corrected chi connectivity index (χ3v) is 7.21. The molecule has 20 heteroatoms. The summed E-state index contributed by atoms with van der Waals surface area (Å²) in [6.07, 6.45) is -14.7. The molecule has 298 valence electrons. The fourth-order valence-electron chi connectivity index (χ4n) is 5.46.